The van der Waals surface area contributed by atoms with Crippen molar-refractivity contribution in [2.75, 3.05) is 0 Å². The summed E-state index contributed by atoms with van der Waals surface area (Å²) in [5, 5.41) is 12.9. The van der Waals surface area contributed by atoms with Gasteiger partial charge < -0.3 is 9.84 Å². The van der Waals surface area contributed by atoms with Gasteiger partial charge in [-0.15, -0.1) is 0 Å². The summed E-state index contributed by atoms with van der Waals surface area (Å²) in [4.78, 5) is 10.6. The van der Waals surface area contributed by atoms with Crippen LogP contribution in [0.4, 0.5) is 0 Å². The molecule has 5 nitrogen and oxygen atoms in total. The van der Waals surface area contributed by atoms with E-state index in [1.807, 2.05) is 32.2 Å². The molecule has 0 aliphatic rings. The van der Waals surface area contributed by atoms with Crippen LogP contribution in [0.3, 0.4) is 0 Å². The van der Waals surface area contributed by atoms with Crippen LogP contribution in [0.5, 0.6) is 5.75 Å². The maximum Gasteiger partial charge on any atom is 0.328 e. The molecular formula is C15H15BrN2O3. The number of benzene rings is 1. The highest BCUT2D eigenvalue weighted by atomic mass is 79.9. The number of aryl methyl sites for hydroxylation is 2. The van der Waals surface area contributed by atoms with Gasteiger partial charge in [-0.25, -0.2) is 4.79 Å². The number of halogens is 1. The predicted molar refractivity (Wildman–Crippen MR) is 83.1 cm³/mol. The molecule has 2 rings (SSSR count). The van der Waals surface area contributed by atoms with E-state index in [4.69, 9.17) is 9.84 Å². The summed E-state index contributed by atoms with van der Waals surface area (Å²) in [5.74, 6) is -0.319. The lowest BCUT2D eigenvalue weighted by Crippen LogP contribution is -2.03. The van der Waals surface area contributed by atoms with Gasteiger partial charge >= 0.3 is 5.97 Å². The average Bonchev–Trinajstić information content (AvgIpc) is 2.74. The number of ether oxygens (including phenoxy) is 1. The van der Waals surface area contributed by atoms with E-state index in [0.717, 1.165) is 27.5 Å². The second-order valence-electron chi connectivity index (χ2n) is 4.54. The van der Waals surface area contributed by atoms with Crippen molar-refractivity contribution >= 4 is 28.0 Å². The Morgan fingerprint density at radius 2 is 2.24 bits per heavy atom. The molecule has 21 heavy (non-hydrogen) atoms. The van der Waals surface area contributed by atoms with Gasteiger partial charge in [-0.1, -0.05) is 15.9 Å². The molecule has 6 heteroatoms. The first kappa shape index (κ1) is 15.3. The minimum atomic E-state index is -0.987. The van der Waals surface area contributed by atoms with Crippen molar-refractivity contribution in [2.45, 2.75) is 13.5 Å². The maximum absolute atomic E-state index is 10.6. The molecule has 0 bridgehead atoms. The summed E-state index contributed by atoms with van der Waals surface area (Å²) in [6.45, 7) is 2.33. The molecule has 1 N–H and O–H groups in total. The monoisotopic (exact) mass is 350 g/mol. The number of nitrogens with zero attached hydrogens (tertiary/aromatic N) is 2. The number of aliphatic carboxylic acids is 1. The van der Waals surface area contributed by atoms with Crippen molar-refractivity contribution in [1.29, 1.82) is 0 Å². The average molecular weight is 351 g/mol. The number of rotatable bonds is 5. The van der Waals surface area contributed by atoms with Crippen LogP contribution in [-0.4, -0.2) is 20.9 Å². The summed E-state index contributed by atoms with van der Waals surface area (Å²) in [7, 11) is 1.87. The van der Waals surface area contributed by atoms with E-state index in [1.165, 1.54) is 6.08 Å². The molecule has 0 aliphatic carbocycles. The molecule has 0 unspecified atom stereocenters. The van der Waals surface area contributed by atoms with Crippen molar-refractivity contribution in [1.82, 2.24) is 9.78 Å². The lowest BCUT2D eigenvalue weighted by molar-refractivity contribution is -0.131. The van der Waals surface area contributed by atoms with Gasteiger partial charge in [-0.3, -0.25) is 4.68 Å². The first-order valence-corrected chi connectivity index (χ1v) is 7.08. The van der Waals surface area contributed by atoms with E-state index in [9.17, 15) is 4.79 Å². The lowest BCUT2D eigenvalue weighted by atomic mass is 10.2. The number of hydrogen-bond acceptors (Lipinski definition) is 3. The van der Waals surface area contributed by atoms with Gasteiger partial charge in [-0.05, 0) is 42.8 Å². The highest BCUT2D eigenvalue weighted by Crippen LogP contribution is 2.24. The Labute approximate surface area is 131 Å². The standard InChI is InChI=1S/C15H15BrN2O3/c1-10-7-12(18(2)17-10)9-21-13-4-5-14(16)11(8-13)3-6-15(19)20/h3-8H,9H2,1-2H3,(H,19,20)/b6-3+. The first-order chi connectivity index (χ1) is 9.95. The second kappa shape index (κ2) is 6.58. The third-order valence-electron chi connectivity index (χ3n) is 2.86. The predicted octanol–water partition coefficient (Wildman–Crippen LogP) is 3.17. The minimum Gasteiger partial charge on any atom is -0.487 e. The molecule has 0 aliphatic heterocycles. The van der Waals surface area contributed by atoms with Crippen molar-refractivity contribution < 1.29 is 14.6 Å². The van der Waals surface area contributed by atoms with Crippen LogP contribution in [-0.2, 0) is 18.4 Å². The third-order valence-corrected chi connectivity index (χ3v) is 3.58. The van der Waals surface area contributed by atoms with Gasteiger partial charge in [0.2, 0.25) is 0 Å². The highest BCUT2D eigenvalue weighted by molar-refractivity contribution is 9.10. The highest BCUT2D eigenvalue weighted by Gasteiger charge is 2.05. The van der Waals surface area contributed by atoms with Gasteiger partial charge in [0.25, 0.3) is 0 Å². The van der Waals surface area contributed by atoms with Crippen LogP contribution >= 0.6 is 15.9 Å². The van der Waals surface area contributed by atoms with E-state index >= 15 is 0 Å². The summed E-state index contributed by atoms with van der Waals surface area (Å²) >= 11 is 3.38. The van der Waals surface area contributed by atoms with Gasteiger partial charge in [0.1, 0.15) is 12.4 Å². The SMILES string of the molecule is Cc1cc(COc2ccc(Br)c(/C=C/C(=O)O)c2)n(C)n1. The van der Waals surface area contributed by atoms with E-state index in [1.54, 1.807) is 10.7 Å². The first-order valence-electron chi connectivity index (χ1n) is 6.28. The van der Waals surface area contributed by atoms with Gasteiger partial charge in [0.15, 0.2) is 0 Å². The fourth-order valence-corrected chi connectivity index (χ4v) is 2.24. The van der Waals surface area contributed by atoms with E-state index in [2.05, 4.69) is 21.0 Å². The molecule has 0 atom stereocenters. The van der Waals surface area contributed by atoms with Gasteiger partial charge in [0.05, 0.1) is 11.4 Å². The number of hydrogen-bond donors (Lipinski definition) is 1. The van der Waals surface area contributed by atoms with Crippen LogP contribution in [0.25, 0.3) is 6.08 Å². The number of aromatic nitrogens is 2. The number of carboxylic acids is 1. The number of carbonyl (C=O) groups is 1. The van der Waals surface area contributed by atoms with Crippen LogP contribution in [0.2, 0.25) is 0 Å². The molecule has 0 fully saturated rings. The molecule has 0 radical (unpaired) electrons. The molecule has 0 spiro atoms. The summed E-state index contributed by atoms with van der Waals surface area (Å²) < 4.78 is 8.31. The minimum absolute atomic E-state index is 0.404. The zero-order chi connectivity index (χ0) is 15.4. The quantitative estimate of drug-likeness (QED) is 0.841. The molecule has 0 saturated carbocycles. The van der Waals surface area contributed by atoms with E-state index in [-0.39, 0.29) is 0 Å². The van der Waals surface area contributed by atoms with Crippen molar-refractivity contribution in [3.05, 3.63) is 51.8 Å². The summed E-state index contributed by atoms with van der Waals surface area (Å²) in [6, 6.07) is 7.40. The van der Waals surface area contributed by atoms with Gasteiger partial charge in [0, 0.05) is 17.6 Å². The van der Waals surface area contributed by atoms with Crippen molar-refractivity contribution in [2.24, 2.45) is 7.05 Å². The smallest absolute Gasteiger partial charge is 0.328 e. The molecule has 0 saturated heterocycles. The van der Waals surface area contributed by atoms with E-state index < -0.39 is 5.97 Å². The fraction of sp³-hybridized carbons (Fsp3) is 0.200. The Morgan fingerprint density at radius 1 is 1.48 bits per heavy atom. The topological polar surface area (TPSA) is 64.3 Å². The summed E-state index contributed by atoms with van der Waals surface area (Å²) in [6.07, 6.45) is 2.61. The maximum atomic E-state index is 10.6. The largest absolute Gasteiger partial charge is 0.487 e. The third kappa shape index (κ3) is 4.19. The molecule has 1 heterocycles. The van der Waals surface area contributed by atoms with E-state index in [0.29, 0.717) is 12.4 Å². The van der Waals surface area contributed by atoms with Crippen molar-refractivity contribution in [3.8, 4) is 5.75 Å². The van der Waals surface area contributed by atoms with Crippen molar-refractivity contribution in [3.63, 3.8) is 0 Å². The molecular weight excluding hydrogens is 336 g/mol. The fourth-order valence-electron chi connectivity index (χ4n) is 1.86. The Morgan fingerprint density at radius 3 is 2.86 bits per heavy atom. The Balaban J connectivity index is 2.12. The van der Waals surface area contributed by atoms with Crippen LogP contribution in [0.15, 0.2) is 34.8 Å². The molecule has 0 amide bonds. The second-order valence-corrected chi connectivity index (χ2v) is 5.40. The summed E-state index contributed by atoms with van der Waals surface area (Å²) in [5.41, 5.74) is 2.66. The molecule has 110 valence electrons. The zero-order valence-corrected chi connectivity index (χ0v) is 13.3. The zero-order valence-electron chi connectivity index (χ0n) is 11.7. The van der Waals surface area contributed by atoms with Crippen LogP contribution < -0.4 is 4.74 Å². The number of carboxylic acid groups (broad SMARTS) is 1. The van der Waals surface area contributed by atoms with Crippen LogP contribution in [0.1, 0.15) is 17.0 Å². The normalized spacial score (nSPS) is 11.0. The lowest BCUT2D eigenvalue weighted by Gasteiger charge is -2.08. The Kier molecular flexibility index (Phi) is 4.80. The molecule has 1 aromatic carbocycles. The molecule has 2 aromatic rings. The Hall–Kier alpha value is -2.08. The molecule has 1 aromatic heterocycles. The Bertz CT molecular complexity index is 692. The van der Waals surface area contributed by atoms with Gasteiger partial charge in [-0.2, -0.15) is 5.10 Å². The van der Waals surface area contributed by atoms with Crippen LogP contribution in [0, 0.1) is 6.92 Å².